The van der Waals surface area contributed by atoms with Crippen LogP contribution in [0.5, 0.6) is 0 Å². The molecule has 0 radical (unpaired) electrons. The van der Waals surface area contributed by atoms with Crippen molar-refractivity contribution in [2.24, 2.45) is 5.92 Å². The lowest BCUT2D eigenvalue weighted by Gasteiger charge is -2.17. The number of hydrogen-bond acceptors (Lipinski definition) is 4. The first-order valence-electron chi connectivity index (χ1n) is 6.81. The number of hydrogen-bond donors (Lipinski definition) is 1. The number of nitrogens with one attached hydrogen (secondary N) is 1. The van der Waals surface area contributed by atoms with E-state index in [2.05, 4.69) is 49.9 Å². The first-order valence-corrected chi connectivity index (χ1v) is 7.80. The maximum absolute atomic E-state index is 4.46. The molecule has 3 nitrogen and oxygen atoms in total. The van der Waals surface area contributed by atoms with E-state index in [-0.39, 0.29) is 0 Å². The highest BCUT2D eigenvalue weighted by atomic mass is 32.2. The van der Waals surface area contributed by atoms with E-state index in [9.17, 15) is 0 Å². The van der Waals surface area contributed by atoms with Gasteiger partial charge < -0.3 is 5.32 Å². The third kappa shape index (κ3) is 4.16. The number of nitrogens with zero attached hydrogens (tertiary/aromatic N) is 2. The van der Waals surface area contributed by atoms with Crippen LogP contribution in [0.1, 0.15) is 52.5 Å². The lowest BCUT2D eigenvalue weighted by molar-refractivity contribution is 0.636. The summed E-state index contributed by atoms with van der Waals surface area (Å²) in [4.78, 5) is 8.82. The van der Waals surface area contributed by atoms with E-state index in [4.69, 9.17) is 0 Å². The molecule has 0 aliphatic carbocycles. The standard InChI is InChI=1S/C14H25N3S/c1-6-11(5)8-18-14-12(10(3)4)13(15-7-2)16-9-17-14/h9-11H,6-8H2,1-5H3,(H,15,16,17). The summed E-state index contributed by atoms with van der Waals surface area (Å²) in [5, 5.41) is 4.47. The average molecular weight is 267 g/mol. The smallest absolute Gasteiger partial charge is 0.133 e. The summed E-state index contributed by atoms with van der Waals surface area (Å²) in [7, 11) is 0. The van der Waals surface area contributed by atoms with E-state index < -0.39 is 0 Å². The molecule has 0 saturated heterocycles. The Balaban J connectivity index is 2.92. The molecule has 0 aromatic carbocycles. The van der Waals surface area contributed by atoms with E-state index >= 15 is 0 Å². The van der Waals surface area contributed by atoms with Crippen LogP contribution in [0.15, 0.2) is 11.4 Å². The third-order valence-corrected chi connectivity index (χ3v) is 4.30. The van der Waals surface area contributed by atoms with Gasteiger partial charge in [0, 0.05) is 17.9 Å². The Morgan fingerprint density at radius 2 is 1.94 bits per heavy atom. The second-order valence-electron chi connectivity index (χ2n) is 4.95. The summed E-state index contributed by atoms with van der Waals surface area (Å²) in [6.45, 7) is 11.9. The molecular weight excluding hydrogens is 242 g/mol. The van der Waals surface area contributed by atoms with Gasteiger partial charge in [0.15, 0.2) is 0 Å². The molecule has 18 heavy (non-hydrogen) atoms. The van der Waals surface area contributed by atoms with Crippen LogP contribution in [0, 0.1) is 5.92 Å². The van der Waals surface area contributed by atoms with Crippen molar-refractivity contribution in [1.82, 2.24) is 9.97 Å². The van der Waals surface area contributed by atoms with Gasteiger partial charge in [-0.2, -0.15) is 0 Å². The average Bonchev–Trinajstić information content (AvgIpc) is 2.36. The zero-order valence-electron chi connectivity index (χ0n) is 12.2. The molecule has 1 N–H and O–H groups in total. The van der Waals surface area contributed by atoms with Crippen molar-refractivity contribution < 1.29 is 0 Å². The van der Waals surface area contributed by atoms with Crippen LogP contribution in [0.2, 0.25) is 0 Å². The Bertz CT molecular complexity index is 366. The summed E-state index contributed by atoms with van der Waals surface area (Å²) >= 11 is 1.86. The highest BCUT2D eigenvalue weighted by molar-refractivity contribution is 7.99. The number of anilines is 1. The van der Waals surface area contributed by atoms with Gasteiger partial charge in [-0.1, -0.05) is 34.1 Å². The van der Waals surface area contributed by atoms with Gasteiger partial charge in [-0.3, -0.25) is 0 Å². The molecule has 0 aliphatic rings. The lowest BCUT2D eigenvalue weighted by Crippen LogP contribution is -2.08. The Labute approximate surface area is 115 Å². The van der Waals surface area contributed by atoms with Gasteiger partial charge in [-0.05, 0) is 18.8 Å². The molecule has 0 saturated carbocycles. The van der Waals surface area contributed by atoms with Gasteiger partial charge in [0.1, 0.15) is 17.2 Å². The molecule has 1 rings (SSSR count). The molecule has 102 valence electrons. The van der Waals surface area contributed by atoms with E-state index in [0.29, 0.717) is 5.92 Å². The maximum Gasteiger partial charge on any atom is 0.133 e. The Morgan fingerprint density at radius 3 is 2.50 bits per heavy atom. The van der Waals surface area contributed by atoms with Gasteiger partial charge in [0.05, 0.1) is 0 Å². The predicted molar refractivity (Wildman–Crippen MR) is 80.5 cm³/mol. The Hall–Kier alpha value is -0.770. The normalized spacial score (nSPS) is 12.8. The van der Waals surface area contributed by atoms with E-state index in [1.807, 2.05) is 11.8 Å². The third-order valence-electron chi connectivity index (χ3n) is 2.97. The topological polar surface area (TPSA) is 37.8 Å². The number of aromatic nitrogens is 2. The summed E-state index contributed by atoms with van der Waals surface area (Å²) in [5.74, 6) is 3.29. The number of rotatable bonds is 7. The van der Waals surface area contributed by atoms with Crippen LogP contribution >= 0.6 is 11.8 Å². The van der Waals surface area contributed by atoms with Crippen molar-refractivity contribution in [3.63, 3.8) is 0 Å². The second kappa shape index (κ2) is 7.62. The Kier molecular flexibility index (Phi) is 6.47. The fraction of sp³-hybridized carbons (Fsp3) is 0.714. The molecule has 0 bridgehead atoms. The maximum atomic E-state index is 4.46. The summed E-state index contributed by atoms with van der Waals surface area (Å²) in [6, 6.07) is 0. The summed E-state index contributed by atoms with van der Waals surface area (Å²) in [6.07, 6.45) is 2.89. The van der Waals surface area contributed by atoms with Gasteiger partial charge in [-0.25, -0.2) is 9.97 Å². The van der Waals surface area contributed by atoms with E-state index in [1.165, 1.54) is 12.0 Å². The largest absolute Gasteiger partial charge is 0.370 e. The molecule has 1 atom stereocenters. The molecule has 0 fully saturated rings. The Morgan fingerprint density at radius 1 is 1.22 bits per heavy atom. The molecule has 1 aromatic heterocycles. The van der Waals surface area contributed by atoms with Crippen LogP contribution < -0.4 is 5.32 Å². The van der Waals surface area contributed by atoms with Gasteiger partial charge in [0.2, 0.25) is 0 Å². The van der Waals surface area contributed by atoms with Crippen molar-refractivity contribution >= 4 is 17.6 Å². The molecule has 0 aliphatic heterocycles. The van der Waals surface area contributed by atoms with Crippen molar-refractivity contribution in [3.8, 4) is 0 Å². The highest BCUT2D eigenvalue weighted by Gasteiger charge is 2.15. The molecule has 4 heteroatoms. The van der Waals surface area contributed by atoms with Gasteiger partial charge in [-0.15, -0.1) is 11.8 Å². The van der Waals surface area contributed by atoms with E-state index in [0.717, 1.165) is 29.1 Å². The molecule has 1 heterocycles. The molecule has 0 spiro atoms. The minimum atomic E-state index is 0.444. The molecule has 1 unspecified atom stereocenters. The molecule has 1 aromatic rings. The first-order chi connectivity index (χ1) is 8.60. The van der Waals surface area contributed by atoms with Crippen molar-refractivity contribution in [3.05, 3.63) is 11.9 Å². The quantitative estimate of drug-likeness (QED) is 0.594. The summed E-state index contributed by atoms with van der Waals surface area (Å²) in [5.41, 5.74) is 1.26. The molecular formula is C14H25N3S. The minimum Gasteiger partial charge on any atom is -0.370 e. The second-order valence-corrected chi connectivity index (χ2v) is 5.96. The lowest BCUT2D eigenvalue weighted by atomic mass is 10.1. The fourth-order valence-electron chi connectivity index (χ4n) is 1.66. The summed E-state index contributed by atoms with van der Waals surface area (Å²) < 4.78 is 0. The van der Waals surface area contributed by atoms with Crippen LogP contribution in [0.25, 0.3) is 0 Å². The van der Waals surface area contributed by atoms with Crippen LogP contribution in [-0.2, 0) is 0 Å². The predicted octanol–water partition coefficient (Wildman–Crippen LogP) is 4.17. The zero-order valence-corrected chi connectivity index (χ0v) is 13.0. The van der Waals surface area contributed by atoms with Crippen LogP contribution in [-0.4, -0.2) is 22.3 Å². The van der Waals surface area contributed by atoms with Crippen LogP contribution in [0.3, 0.4) is 0 Å². The van der Waals surface area contributed by atoms with Crippen molar-refractivity contribution in [2.75, 3.05) is 17.6 Å². The highest BCUT2D eigenvalue weighted by Crippen LogP contribution is 2.32. The number of thioether (sulfide) groups is 1. The molecule has 0 amide bonds. The monoisotopic (exact) mass is 267 g/mol. The first kappa shape index (κ1) is 15.3. The van der Waals surface area contributed by atoms with Gasteiger partial charge >= 0.3 is 0 Å². The van der Waals surface area contributed by atoms with E-state index in [1.54, 1.807) is 6.33 Å². The van der Waals surface area contributed by atoms with Crippen molar-refractivity contribution in [1.29, 1.82) is 0 Å². The van der Waals surface area contributed by atoms with Crippen LogP contribution in [0.4, 0.5) is 5.82 Å². The van der Waals surface area contributed by atoms with Gasteiger partial charge in [0.25, 0.3) is 0 Å². The zero-order chi connectivity index (χ0) is 13.5. The minimum absolute atomic E-state index is 0.444. The SMILES string of the molecule is CCNc1ncnc(SCC(C)CC)c1C(C)C. The fourth-order valence-corrected chi connectivity index (χ4v) is 2.95. The van der Waals surface area contributed by atoms with Crippen molar-refractivity contribution in [2.45, 2.75) is 52.0 Å².